The van der Waals surface area contributed by atoms with Gasteiger partial charge in [0.15, 0.2) is 0 Å². The molecule has 0 aliphatic carbocycles. The first-order valence-electron chi connectivity index (χ1n) is 8.79. The fraction of sp³-hybridized carbons (Fsp3) is 0.350. The molecule has 0 spiro atoms. The molecule has 0 aliphatic heterocycles. The lowest BCUT2D eigenvalue weighted by Gasteiger charge is -2.23. The third-order valence-electron chi connectivity index (χ3n) is 4.35. The van der Waals surface area contributed by atoms with Crippen LogP contribution in [-0.4, -0.2) is 40.3 Å². The van der Waals surface area contributed by atoms with E-state index in [1.807, 2.05) is 32.0 Å². The summed E-state index contributed by atoms with van der Waals surface area (Å²) in [4.78, 5) is 12.3. The fourth-order valence-electron chi connectivity index (χ4n) is 2.70. The molecule has 0 heterocycles. The number of nitrogens with zero attached hydrogens (tertiary/aromatic N) is 1. The van der Waals surface area contributed by atoms with Crippen molar-refractivity contribution in [2.24, 2.45) is 0 Å². The zero-order chi connectivity index (χ0) is 20.9. The van der Waals surface area contributed by atoms with Gasteiger partial charge in [-0.15, -0.1) is 0 Å². The molecule has 28 heavy (non-hydrogen) atoms. The quantitative estimate of drug-likeness (QED) is 0.660. The second kappa shape index (κ2) is 9.30. The molecule has 0 fully saturated rings. The number of aryl methyl sites for hydroxylation is 2. The Bertz CT molecular complexity index is 961. The van der Waals surface area contributed by atoms with E-state index in [0.717, 1.165) is 27.4 Å². The van der Waals surface area contributed by atoms with Gasteiger partial charge < -0.3 is 10.1 Å². The molecule has 152 valence electrons. The smallest absolute Gasteiger partial charge is 0.240 e. The minimum absolute atomic E-state index is 0.267. The number of rotatable bonds is 8. The van der Waals surface area contributed by atoms with Crippen molar-refractivity contribution in [3.05, 3.63) is 58.1 Å². The van der Waals surface area contributed by atoms with Crippen molar-refractivity contribution in [2.75, 3.05) is 30.3 Å². The largest absolute Gasteiger partial charge is 0.491 e. The standard InChI is InChI=1S/C20H25ClN2O4S/c1-14-6-5-7-19(16(14)3)27-11-10-22-20(24)13-23(28(4,25)26)18-9-8-17(21)12-15(18)2/h5-9,12H,10-11,13H2,1-4H3,(H,22,24). The summed E-state index contributed by atoms with van der Waals surface area (Å²) in [5.41, 5.74) is 3.27. The van der Waals surface area contributed by atoms with Crippen LogP contribution in [0.4, 0.5) is 5.69 Å². The molecule has 0 saturated heterocycles. The van der Waals surface area contributed by atoms with Crippen molar-refractivity contribution in [2.45, 2.75) is 20.8 Å². The van der Waals surface area contributed by atoms with Crippen molar-refractivity contribution >= 4 is 33.2 Å². The van der Waals surface area contributed by atoms with Gasteiger partial charge in [-0.25, -0.2) is 8.42 Å². The summed E-state index contributed by atoms with van der Waals surface area (Å²) >= 11 is 5.94. The van der Waals surface area contributed by atoms with E-state index >= 15 is 0 Å². The van der Waals surface area contributed by atoms with Gasteiger partial charge in [0.2, 0.25) is 15.9 Å². The van der Waals surface area contributed by atoms with Crippen LogP contribution in [0, 0.1) is 20.8 Å². The van der Waals surface area contributed by atoms with Crippen LogP contribution in [0.1, 0.15) is 16.7 Å². The molecule has 0 atom stereocenters. The van der Waals surface area contributed by atoms with Gasteiger partial charge in [-0.05, 0) is 61.7 Å². The van der Waals surface area contributed by atoms with Gasteiger partial charge in [0, 0.05) is 5.02 Å². The Morgan fingerprint density at radius 2 is 1.86 bits per heavy atom. The number of hydrogen-bond donors (Lipinski definition) is 1. The second-order valence-corrected chi connectivity index (χ2v) is 8.94. The first kappa shape index (κ1) is 22.0. The molecular weight excluding hydrogens is 400 g/mol. The third-order valence-corrected chi connectivity index (χ3v) is 5.71. The average Bonchev–Trinajstić information content (AvgIpc) is 2.60. The molecule has 0 unspecified atom stereocenters. The molecule has 1 N–H and O–H groups in total. The number of halogens is 1. The minimum Gasteiger partial charge on any atom is -0.491 e. The van der Waals surface area contributed by atoms with E-state index in [2.05, 4.69) is 5.32 Å². The zero-order valence-corrected chi connectivity index (χ0v) is 18.0. The summed E-state index contributed by atoms with van der Waals surface area (Å²) < 4.78 is 31.1. The molecule has 0 radical (unpaired) electrons. The van der Waals surface area contributed by atoms with E-state index in [1.54, 1.807) is 25.1 Å². The van der Waals surface area contributed by atoms with Crippen LogP contribution in [-0.2, 0) is 14.8 Å². The molecule has 0 saturated carbocycles. The van der Waals surface area contributed by atoms with Gasteiger partial charge in [-0.3, -0.25) is 9.10 Å². The molecular formula is C20H25ClN2O4S. The van der Waals surface area contributed by atoms with Gasteiger partial charge in [0.1, 0.15) is 18.9 Å². The maximum Gasteiger partial charge on any atom is 0.240 e. The summed E-state index contributed by atoms with van der Waals surface area (Å²) in [7, 11) is -3.63. The highest BCUT2D eigenvalue weighted by atomic mass is 35.5. The van der Waals surface area contributed by atoms with Gasteiger partial charge in [0.05, 0.1) is 18.5 Å². The number of anilines is 1. The Labute approximate surface area is 171 Å². The lowest BCUT2D eigenvalue weighted by atomic mass is 10.1. The molecule has 2 rings (SSSR count). The number of carbonyl (C=O) groups excluding carboxylic acids is 1. The van der Waals surface area contributed by atoms with E-state index in [9.17, 15) is 13.2 Å². The normalized spacial score (nSPS) is 11.2. The summed E-state index contributed by atoms with van der Waals surface area (Å²) in [6.45, 7) is 5.96. The Balaban J connectivity index is 1.96. The lowest BCUT2D eigenvalue weighted by molar-refractivity contribution is -0.119. The molecule has 0 aliphatic rings. The highest BCUT2D eigenvalue weighted by Crippen LogP contribution is 2.25. The Morgan fingerprint density at radius 1 is 1.14 bits per heavy atom. The van der Waals surface area contributed by atoms with Crippen LogP contribution in [0.15, 0.2) is 36.4 Å². The minimum atomic E-state index is -3.63. The number of nitrogens with one attached hydrogen (secondary N) is 1. The number of benzene rings is 2. The Morgan fingerprint density at radius 3 is 2.50 bits per heavy atom. The molecule has 2 aromatic rings. The first-order valence-corrected chi connectivity index (χ1v) is 11.0. The summed E-state index contributed by atoms with van der Waals surface area (Å²) in [6.07, 6.45) is 1.07. The van der Waals surface area contributed by atoms with Crippen molar-refractivity contribution in [3.63, 3.8) is 0 Å². The van der Waals surface area contributed by atoms with Crippen LogP contribution in [0.3, 0.4) is 0 Å². The van der Waals surface area contributed by atoms with Crippen molar-refractivity contribution in [1.82, 2.24) is 5.32 Å². The highest BCUT2D eigenvalue weighted by molar-refractivity contribution is 7.92. The van der Waals surface area contributed by atoms with E-state index in [1.165, 1.54) is 0 Å². The van der Waals surface area contributed by atoms with E-state index in [-0.39, 0.29) is 19.7 Å². The number of ether oxygens (including phenoxy) is 1. The third kappa shape index (κ3) is 5.87. The summed E-state index contributed by atoms with van der Waals surface area (Å²) in [5, 5.41) is 3.20. The maximum atomic E-state index is 12.3. The molecule has 8 heteroatoms. The van der Waals surface area contributed by atoms with Gasteiger partial charge >= 0.3 is 0 Å². The molecule has 2 aromatic carbocycles. The van der Waals surface area contributed by atoms with E-state index in [4.69, 9.17) is 16.3 Å². The highest BCUT2D eigenvalue weighted by Gasteiger charge is 2.22. The zero-order valence-electron chi connectivity index (χ0n) is 16.5. The molecule has 0 aromatic heterocycles. The van der Waals surface area contributed by atoms with Crippen LogP contribution < -0.4 is 14.4 Å². The topological polar surface area (TPSA) is 75.7 Å². The number of sulfonamides is 1. The number of amides is 1. The number of carbonyl (C=O) groups is 1. The fourth-order valence-corrected chi connectivity index (χ4v) is 3.84. The average molecular weight is 425 g/mol. The van der Waals surface area contributed by atoms with Crippen LogP contribution in [0.2, 0.25) is 5.02 Å². The van der Waals surface area contributed by atoms with Gasteiger partial charge in [-0.1, -0.05) is 23.7 Å². The molecule has 1 amide bonds. The van der Waals surface area contributed by atoms with E-state index < -0.39 is 15.9 Å². The Kier molecular flexibility index (Phi) is 7.32. The SMILES string of the molecule is Cc1cc(Cl)ccc1N(CC(=O)NCCOc1cccc(C)c1C)S(C)(=O)=O. The lowest BCUT2D eigenvalue weighted by Crippen LogP contribution is -2.41. The Hall–Kier alpha value is -2.25. The maximum absolute atomic E-state index is 12.3. The van der Waals surface area contributed by atoms with Crippen molar-refractivity contribution < 1.29 is 17.9 Å². The summed E-state index contributed by atoms with van der Waals surface area (Å²) in [5.74, 6) is 0.355. The molecule has 0 bridgehead atoms. The number of hydrogen-bond acceptors (Lipinski definition) is 4. The monoisotopic (exact) mass is 424 g/mol. The first-order chi connectivity index (χ1) is 13.1. The van der Waals surface area contributed by atoms with Crippen LogP contribution in [0.25, 0.3) is 0 Å². The summed E-state index contributed by atoms with van der Waals surface area (Å²) in [6, 6.07) is 10.6. The second-order valence-electron chi connectivity index (χ2n) is 6.60. The van der Waals surface area contributed by atoms with Crippen molar-refractivity contribution in [3.8, 4) is 5.75 Å². The predicted molar refractivity (Wildman–Crippen MR) is 113 cm³/mol. The molecule has 6 nitrogen and oxygen atoms in total. The predicted octanol–water partition coefficient (Wildman–Crippen LogP) is 3.23. The van der Waals surface area contributed by atoms with Gasteiger partial charge in [0.25, 0.3) is 0 Å². The van der Waals surface area contributed by atoms with Crippen LogP contribution >= 0.6 is 11.6 Å². The van der Waals surface area contributed by atoms with E-state index in [0.29, 0.717) is 16.3 Å². The van der Waals surface area contributed by atoms with Crippen molar-refractivity contribution in [1.29, 1.82) is 0 Å². The van der Waals surface area contributed by atoms with Crippen LogP contribution in [0.5, 0.6) is 5.75 Å². The van der Waals surface area contributed by atoms with Gasteiger partial charge in [-0.2, -0.15) is 0 Å².